The SMILES string of the molecule is Br.N[C@@H]1N=C(c2ccccc2)c2ccccc2N(CC(=O)N2CCCC2)C1=O. The predicted molar refractivity (Wildman–Crippen MR) is 115 cm³/mol. The van der Waals surface area contributed by atoms with Gasteiger partial charge in [0.25, 0.3) is 5.91 Å². The van der Waals surface area contributed by atoms with Crippen LogP contribution in [0.4, 0.5) is 5.69 Å². The van der Waals surface area contributed by atoms with E-state index in [1.54, 1.807) is 0 Å². The molecule has 6 nitrogen and oxygen atoms in total. The summed E-state index contributed by atoms with van der Waals surface area (Å²) in [5.74, 6) is -0.410. The molecule has 146 valence electrons. The summed E-state index contributed by atoms with van der Waals surface area (Å²) in [5.41, 5.74) is 9.14. The molecule has 0 radical (unpaired) electrons. The Balaban J connectivity index is 0.00000225. The van der Waals surface area contributed by atoms with Gasteiger partial charge in [0.05, 0.1) is 11.4 Å². The number of rotatable bonds is 3. The van der Waals surface area contributed by atoms with Gasteiger partial charge in [-0.15, -0.1) is 17.0 Å². The molecule has 2 aliphatic heterocycles. The Kier molecular flexibility index (Phi) is 6.26. The standard InChI is InChI=1S/C21H22N4O2.BrH/c22-20-21(27)25(14-18(26)24-12-6-7-13-24)17-11-5-4-10-16(17)19(23-20)15-8-2-1-3-9-15;/h1-5,8-11,20H,6-7,12-14,22H2;1H/t20-;/m1./s1. The number of para-hydroxylation sites is 1. The van der Waals surface area contributed by atoms with Crippen LogP contribution in [0.3, 0.4) is 0 Å². The molecule has 28 heavy (non-hydrogen) atoms. The number of carbonyl (C=O) groups excluding carboxylic acids is 2. The number of likely N-dealkylation sites (tertiary alicyclic amines) is 1. The van der Waals surface area contributed by atoms with Crippen LogP contribution in [0, 0.1) is 0 Å². The van der Waals surface area contributed by atoms with Crippen LogP contribution in [0.5, 0.6) is 0 Å². The smallest absolute Gasteiger partial charge is 0.266 e. The normalized spacial score (nSPS) is 18.8. The van der Waals surface area contributed by atoms with Crippen molar-refractivity contribution in [3.05, 3.63) is 65.7 Å². The van der Waals surface area contributed by atoms with E-state index in [0.717, 1.165) is 37.1 Å². The van der Waals surface area contributed by atoms with Crippen LogP contribution in [0.25, 0.3) is 0 Å². The Morgan fingerprint density at radius 3 is 2.39 bits per heavy atom. The van der Waals surface area contributed by atoms with Crippen LogP contribution < -0.4 is 10.6 Å². The average Bonchev–Trinajstić information content (AvgIpc) is 3.22. The topological polar surface area (TPSA) is 79.0 Å². The summed E-state index contributed by atoms with van der Waals surface area (Å²) in [7, 11) is 0. The number of hydrogen-bond acceptors (Lipinski definition) is 4. The zero-order chi connectivity index (χ0) is 18.8. The molecule has 1 saturated heterocycles. The first-order valence-corrected chi connectivity index (χ1v) is 9.22. The van der Waals surface area contributed by atoms with Crippen LogP contribution in [-0.2, 0) is 9.59 Å². The largest absolute Gasteiger partial charge is 0.341 e. The molecular weight excluding hydrogens is 420 g/mol. The highest BCUT2D eigenvalue weighted by Crippen LogP contribution is 2.28. The Bertz CT molecular complexity index is 894. The molecule has 1 fully saturated rings. The number of benzodiazepines with no additional fused rings is 1. The van der Waals surface area contributed by atoms with Gasteiger partial charge in [0.2, 0.25) is 5.91 Å². The predicted octanol–water partition coefficient (Wildman–Crippen LogP) is 2.36. The molecule has 4 rings (SSSR count). The quantitative estimate of drug-likeness (QED) is 0.791. The molecule has 0 bridgehead atoms. The highest BCUT2D eigenvalue weighted by Gasteiger charge is 2.32. The molecule has 0 aromatic heterocycles. The summed E-state index contributed by atoms with van der Waals surface area (Å²) in [6.07, 6.45) is 0.979. The number of nitrogens with zero attached hydrogens (tertiary/aromatic N) is 3. The minimum absolute atomic E-state index is 0. The van der Waals surface area contributed by atoms with E-state index >= 15 is 0 Å². The van der Waals surface area contributed by atoms with Gasteiger partial charge < -0.3 is 10.6 Å². The fraction of sp³-hybridized carbons (Fsp3) is 0.286. The summed E-state index contributed by atoms with van der Waals surface area (Å²) in [5, 5.41) is 0. The number of amides is 2. The van der Waals surface area contributed by atoms with Gasteiger partial charge in [-0.05, 0) is 18.9 Å². The third-order valence-electron chi connectivity index (χ3n) is 5.04. The summed E-state index contributed by atoms with van der Waals surface area (Å²) < 4.78 is 0. The van der Waals surface area contributed by atoms with Crippen LogP contribution in [0.1, 0.15) is 24.0 Å². The van der Waals surface area contributed by atoms with Gasteiger partial charge in [0, 0.05) is 24.2 Å². The lowest BCUT2D eigenvalue weighted by Gasteiger charge is -2.26. The van der Waals surface area contributed by atoms with E-state index in [1.807, 2.05) is 59.5 Å². The van der Waals surface area contributed by atoms with Gasteiger partial charge >= 0.3 is 0 Å². The van der Waals surface area contributed by atoms with Crippen LogP contribution in [-0.4, -0.2) is 48.2 Å². The van der Waals surface area contributed by atoms with Crippen molar-refractivity contribution in [1.82, 2.24) is 4.90 Å². The van der Waals surface area contributed by atoms with Crippen LogP contribution in [0.15, 0.2) is 59.6 Å². The van der Waals surface area contributed by atoms with E-state index in [-0.39, 0.29) is 35.3 Å². The zero-order valence-corrected chi connectivity index (χ0v) is 17.2. The fourth-order valence-electron chi connectivity index (χ4n) is 3.64. The van der Waals surface area contributed by atoms with Crippen molar-refractivity contribution in [2.45, 2.75) is 19.0 Å². The van der Waals surface area contributed by atoms with Crippen LogP contribution >= 0.6 is 17.0 Å². The molecule has 2 aliphatic rings. The molecule has 0 spiro atoms. The summed E-state index contributed by atoms with van der Waals surface area (Å²) >= 11 is 0. The lowest BCUT2D eigenvalue weighted by Crippen LogP contribution is -2.47. The number of halogens is 1. The molecule has 2 N–H and O–H groups in total. The Labute approximate surface area is 174 Å². The maximum atomic E-state index is 13.0. The molecule has 7 heteroatoms. The number of carbonyl (C=O) groups is 2. The van der Waals surface area contributed by atoms with E-state index in [9.17, 15) is 9.59 Å². The maximum Gasteiger partial charge on any atom is 0.266 e. The first-order valence-electron chi connectivity index (χ1n) is 9.22. The van der Waals surface area contributed by atoms with E-state index in [0.29, 0.717) is 11.4 Å². The van der Waals surface area contributed by atoms with Crippen molar-refractivity contribution in [3.8, 4) is 0 Å². The van der Waals surface area contributed by atoms with E-state index in [1.165, 1.54) is 4.90 Å². The first-order chi connectivity index (χ1) is 13.1. The number of fused-ring (bicyclic) bond motifs is 1. The highest BCUT2D eigenvalue weighted by atomic mass is 79.9. The summed E-state index contributed by atoms with van der Waals surface area (Å²) in [6.45, 7) is 1.49. The Morgan fingerprint density at radius 2 is 1.68 bits per heavy atom. The number of hydrogen-bond donors (Lipinski definition) is 1. The molecule has 2 heterocycles. The molecule has 2 aromatic rings. The summed E-state index contributed by atoms with van der Waals surface area (Å²) in [4.78, 5) is 33.5. The van der Waals surface area contributed by atoms with Gasteiger partial charge in [-0.2, -0.15) is 0 Å². The number of aliphatic imine (C=N–C) groups is 1. The first kappa shape index (κ1) is 20.2. The molecule has 2 aromatic carbocycles. The van der Waals surface area contributed by atoms with Crippen molar-refractivity contribution < 1.29 is 9.59 Å². The second kappa shape index (κ2) is 8.67. The number of benzene rings is 2. The molecule has 0 unspecified atom stereocenters. The minimum atomic E-state index is -1.04. The molecule has 1 atom stereocenters. The van der Waals surface area contributed by atoms with Crippen molar-refractivity contribution >= 4 is 40.2 Å². The highest BCUT2D eigenvalue weighted by molar-refractivity contribution is 8.93. The third-order valence-corrected chi connectivity index (χ3v) is 5.04. The van der Waals surface area contributed by atoms with Gasteiger partial charge in [0.1, 0.15) is 6.54 Å². The van der Waals surface area contributed by atoms with Gasteiger partial charge in [-0.1, -0.05) is 48.5 Å². The Morgan fingerprint density at radius 1 is 1.04 bits per heavy atom. The van der Waals surface area contributed by atoms with Crippen molar-refractivity contribution in [3.63, 3.8) is 0 Å². The van der Waals surface area contributed by atoms with Crippen molar-refractivity contribution in [2.75, 3.05) is 24.5 Å². The second-order valence-corrected chi connectivity index (χ2v) is 6.82. The number of anilines is 1. The van der Waals surface area contributed by atoms with Gasteiger partial charge in [0.15, 0.2) is 6.17 Å². The Hall–Kier alpha value is -2.51. The van der Waals surface area contributed by atoms with Crippen molar-refractivity contribution in [2.24, 2.45) is 10.7 Å². The third kappa shape index (κ3) is 3.86. The maximum absolute atomic E-state index is 13.0. The lowest BCUT2D eigenvalue weighted by atomic mass is 10.0. The summed E-state index contributed by atoms with van der Waals surface area (Å²) in [6, 6.07) is 17.2. The minimum Gasteiger partial charge on any atom is -0.341 e. The van der Waals surface area contributed by atoms with E-state index in [4.69, 9.17) is 5.73 Å². The van der Waals surface area contributed by atoms with Crippen molar-refractivity contribution in [1.29, 1.82) is 0 Å². The average molecular weight is 443 g/mol. The molecular formula is C21H23BrN4O2. The number of nitrogens with two attached hydrogens (primary N) is 1. The molecule has 2 amide bonds. The zero-order valence-electron chi connectivity index (χ0n) is 15.5. The fourth-order valence-corrected chi connectivity index (χ4v) is 3.64. The van der Waals surface area contributed by atoms with E-state index < -0.39 is 6.17 Å². The van der Waals surface area contributed by atoms with Gasteiger partial charge in [-0.25, -0.2) is 0 Å². The second-order valence-electron chi connectivity index (χ2n) is 6.82. The monoisotopic (exact) mass is 442 g/mol. The van der Waals surface area contributed by atoms with E-state index in [2.05, 4.69) is 4.99 Å². The van der Waals surface area contributed by atoms with Gasteiger partial charge in [-0.3, -0.25) is 19.5 Å². The lowest BCUT2D eigenvalue weighted by molar-refractivity contribution is -0.130. The molecule has 0 saturated carbocycles. The molecule has 0 aliphatic carbocycles. The van der Waals surface area contributed by atoms with Crippen LogP contribution in [0.2, 0.25) is 0 Å².